The van der Waals surface area contributed by atoms with Gasteiger partial charge in [0.15, 0.2) is 6.29 Å². The van der Waals surface area contributed by atoms with E-state index in [1.54, 1.807) is 4.90 Å². The third-order valence-electron chi connectivity index (χ3n) is 11.9. The highest BCUT2D eigenvalue weighted by Gasteiger charge is 2.35. The van der Waals surface area contributed by atoms with Gasteiger partial charge in [-0.3, -0.25) is 19.5 Å². The number of fused-ring (bicyclic) bond motifs is 1. The molecule has 0 saturated carbocycles. The smallest absolute Gasteiger partial charge is 0.246 e. The number of carbonyl (C=O) groups is 2. The van der Waals surface area contributed by atoms with Crippen LogP contribution in [-0.4, -0.2) is 72.6 Å². The number of nitrogens with zero attached hydrogens (tertiary/aromatic N) is 4. The summed E-state index contributed by atoms with van der Waals surface area (Å²) in [6.45, 7) is 25.0. The van der Waals surface area contributed by atoms with E-state index in [2.05, 4.69) is 124 Å². The maximum Gasteiger partial charge on any atom is 0.246 e. The van der Waals surface area contributed by atoms with Gasteiger partial charge in [-0.15, -0.1) is 0 Å². The molecule has 310 valence electrons. The van der Waals surface area contributed by atoms with Crippen LogP contribution in [0.2, 0.25) is 0 Å². The third kappa shape index (κ3) is 10.2. The van der Waals surface area contributed by atoms with Crippen LogP contribution in [0.4, 0.5) is 5.69 Å². The summed E-state index contributed by atoms with van der Waals surface area (Å²) >= 11 is 0. The first kappa shape index (κ1) is 43.5. The first-order valence-electron chi connectivity index (χ1n) is 20.9. The van der Waals surface area contributed by atoms with Gasteiger partial charge in [0.1, 0.15) is 5.84 Å². The molecule has 1 atom stereocenters. The van der Waals surface area contributed by atoms with Gasteiger partial charge < -0.3 is 10.2 Å². The Hall–Kier alpha value is -6.09. The van der Waals surface area contributed by atoms with Gasteiger partial charge >= 0.3 is 0 Å². The maximum absolute atomic E-state index is 12.6. The number of aryl methyl sites for hydroxylation is 2. The summed E-state index contributed by atoms with van der Waals surface area (Å²) in [5.41, 5.74) is 16.1. The van der Waals surface area contributed by atoms with E-state index in [4.69, 9.17) is 4.99 Å². The molecule has 8 nitrogen and oxygen atoms in total. The predicted molar refractivity (Wildman–Crippen MR) is 250 cm³/mol. The molecule has 2 saturated heterocycles. The summed E-state index contributed by atoms with van der Waals surface area (Å²) in [5.74, 6) is 0.642. The van der Waals surface area contributed by atoms with Crippen molar-refractivity contribution < 1.29 is 9.59 Å². The van der Waals surface area contributed by atoms with E-state index in [9.17, 15) is 9.59 Å². The van der Waals surface area contributed by atoms with Crippen LogP contribution < -0.4 is 10.7 Å². The first-order valence-corrected chi connectivity index (χ1v) is 20.9. The first-order chi connectivity index (χ1) is 28.9. The van der Waals surface area contributed by atoms with Gasteiger partial charge in [-0.05, 0) is 121 Å². The Bertz CT molecular complexity index is 2380. The second-order valence-corrected chi connectivity index (χ2v) is 16.2. The van der Waals surface area contributed by atoms with E-state index in [-0.39, 0.29) is 17.9 Å². The van der Waals surface area contributed by atoms with Crippen LogP contribution >= 0.6 is 0 Å². The summed E-state index contributed by atoms with van der Waals surface area (Å²) in [6, 6.07) is 27.5. The Morgan fingerprint density at radius 3 is 2.40 bits per heavy atom. The van der Waals surface area contributed by atoms with Crippen molar-refractivity contribution in [3.05, 3.63) is 174 Å². The number of rotatable bonds is 16. The molecule has 6 rings (SSSR count). The Morgan fingerprint density at radius 2 is 1.72 bits per heavy atom. The van der Waals surface area contributed by atoms with Gasteiger partial charge in [0.05, 0.1) is 11.6 Å². The quantitative estimate of drug-likeness (QED) is 0.0294. The number of nitrogens with one attached hydrogen (secondary N) is 2. The van der Waals surface area contributed by atoms with E-state index in [0.29, 0.717) is 30.9 Å². The van der Waals surface area contributed by atoms with Crippen LogP contribution in [-0.2, 0) is 17.8 Å². The number of aliphatic imine (C=N–C) groups is 1. The summed E-state index contributed by atoms with van der Waals surface area (Å²) in [4.78, 5) is 34.2. The number of aldehydes is 1. The SMILES string of the molecule is C=CC(=O)N1CC(C(=Nc2ccc(-c3cc(C)cc4ccccc34)cc2C=O)N(C)NCc2ccc(CC/C(C)=C(CN(C)C3CCC(=C)NC3=C)/C(C=C)=C\C)cc2)C1. The minimum atomic E-state index is -0.1000. The molecule has 4 aromatic carbocycles. The Morgan fingerprint density at radius 1 is 0.983 bits per heavy atom. The van der Waals surface area contributed by atoms with E-state index < -0.39 is 0 Å². The highest BCUT2D eigenvalue weighted by atomic mass is 16.2. The fourth-order valence-corrected chi connectivity index (χ4v) is 8.32. The minimum Gasteiger partial charge on any atom is -0.362 e. The molecule has 1 amide bonds. The van der Waals surface area contributed by atoms with E-state index in [1.165, 1.54) is 28.4 Å². The van der Waals surface area contributed by atoms with E-state index in [0.717, 1.165) is 88.8 Å². The van der Waals surface area contributed by atoms with Crippen LogP contribution in [0.25, 0.3) is 21.9 Å². The number of hydrogen-bond donors (Lipinski definition) is 2. The molecule has 2 N–H and O–H groups in total. The van der Waals surface area contributed by atoms with Gasteiger partial charge in [-0.1, -0.05) is 111 Å². The number of amidine groups is 1. The summed E-state index contributed by atoms with van der Waals surface area (Å²) < 4.78 is 0. The van der Waals surface area contributed by atoms with Gasteiger partial charge in [-0.25, -0.2) is 10.4 Å². The lowest BCUT2D eigenvalue weighted by atomic mass is 9.93. The Kier molecular flexibility index (Phi) is 14.3. The fourth-order valence-electron chi connectivity index (χ4n) is 8.32. The number of amides is 1. The monoisotopic (exact) mass is 800 g/mol. The van der Waals surface area contributed by atoms with Crippen LogP contribution in [0.15, 0.2) is 157 Å². The van der Waals surface area contributed by atoms with Crippen molar-refractivity contribution in [3.8, 4) is 11.1 Å². The van der Waals surface area contributed by atoms with Crippen molar-refractivity contribution in [2.75, 3.05) is 33.7 Å². The molecular formula is C52H60N6O2. The highest BCUT2D eigenvalue weighted by molar-refractivity contribution is 5.99. The number of allylic oxidation sites excluding steroid dienone is 4. The second-order valence-electron chi connectivity index (χ2n) is 16.2. The molecule has 0 spiro atoms. The molecule has 4 aromatic rings. The van der Waals surface area contributed by atoms with Crippen molar-refractivity contribution >= 4 is 34.5 Å². The van der Waals surface area contributed by atoms with Crippen molar-refractivity contribution in [1.82, 2.24) is 25.6 Å². The molecule has 0 bridgehead atoms. The van der Waals surface area contributed by atoms with Crippen LogP contribution in [0.5, 0.6) is 0 Å². The predicted octanol–water partition coefficient (Wildman–Crippen LogP) is 10.0. The van der Waals surface area contributed by atoms with Gasteiger partial charge in [-0.2, -0.15) is 0 Å². The third-order valence-corrected chi connectivity index (χ3v) is 11.9. The minimum absolute atomic E-state index is 0.0167. The molecule has 2 aliphatic rings. The normalized spacial score (nSPS) is 16.6. The lowest BCUT2D eigenvalue weighted by Crippen LogP contribution is -2.57. The highest BCUT2D eigenvalue weighted by Crippen LogP contribution is 2.34. The van der Waals surface area contributed by atoms with Gasteiger partial charge in [0.25, 0.3) is 0 Å². The zero-order chi connectivity index (χ0) is 42.9. The summed E-state index contributed by atoms with van der Waals surface area (Å²) in [7, 11) is 4.12. The summed E-state index contributed by atoms with van der Waals surface area (Å²) in [5, 5.41) is 7.59. The van der Waals surface area contributed by atoms with Gasteiger partial charge in [0.2, 0.25) is 5.91 Å². The van der Waals surface area contributed by atoms with Crippen molar-refractivity contribution in [1.29, 1.82) is 0 Å². The Labute approximate surface area is 357 Å². The molecule has 8 heteroatoms. The van der Waals surface area contributed by atoms with Crippen LogP contribution in [0.1, 0.15) is 60.2 Å². The molecule has 60 heavy (non-hydrogen) atoms. The molecule has 2 aliphatic heterocycles. The summed E-state index contributed by atoms with van der Waals surface area (Å²) in [6.07, 6.45) is 10.2. The number of likely N-dealkylation sites (tertiary alicyclic amines) is 1. The standard InChI is InChI=1S/C52H60N6O2/c1-10-41(11-2)48(33-56(8)50-26-18-37(6)54-38(50)7)36(5)17-19-39-20-22-40(23-21-39)30-53-57(9)52(45-31-58(32-45)51(60)12-3)55-49-25-24-43(29-44(49)34-59)47-28-35(4)27-42-15-13-14-16-46(42)47/h10-16,20-25,27-29,34,45,50,53-54H,1,3,6-7,17-19,26,30-33H2,2,4-5,8-9H3/b41-11-,48-36+,55-52?. The molecule has 2 fully saturated rings. The maximum atomic E-state index is 12.6. The number of likely N-dealkylation sites (N-methyl/N-ethyl adjacent to an activating group) is 1. The van der Waals surface area contributed by atoms with Crippen LogP contribution in [0, 0.1) is 12.8 Å². The number of hydrazine groups is 1. The van der Waals surface area contributed by atoms with Gasteiger partial charge in [0, 0.05) is 56.2 Å². The number of carbonyl (C=O) groups excluding carboxylic acids is 2. The topological polar surface area (TPSA) is 80.3 Å². The lowest BCUT2D eigenvalue weighted by molar-refractivity contribution is -0.130. The fraction of sp³-hybridized carbons (Fsp3) is 0.288. The largest absolute Gasteiger partial charge is 0.362 e. The molecule has 0 radical (unpaired) electrons. The second kappa shape index (κ2) is 19.8. The number of benzene rings is 4. The zero-order valence-corrected chi connectivity index (χ0v) is 36.1. The lowest BCUT2D eigenvalue weighted by Gasteiger charge is -2.41. The molecule has 0 aromatic heterocycles. The Balaban J connectivity index is 1.15. The zero-order valence-electron chi connectivity index (χ0n) is 36.1. The average molecular weight is 801 g/mol. The van der Waals surface area contributed by atoms with Crippen molar-refractivity contribution in [3.63, 3.8) is 0 Å². The molecule has 2 heterocycles. The molecular weight excluding hydrogens is 741 g/mol. The number of hydrogen-bond acceptors (Lipinski definition) is 6. The molecule has 0 aliphatic carbocycles. The number of piperidine rings is 1. The average Bonchev–Trinajstić information content (AvgIpc) is 3.23. The van der Waals surface area contributed by atoms with E-state index >= 15 is 0 Å². The van der Waals surface area contributed by atoms with Crippen LogP contribution in [0.3, 0.4) is 0 Å². The van der Waals surface area contributed by atoms with E-state index in [1.807, 2.05) is 48.5 Å². The van der Waals surface area contributed by atoms with Crippen molar-refractivity contribution in [2.45, 2.75) is 59.0 Å². The molecule has 1 unspecified atom stereocenters. The van der Waals surface area contributed by atoms with Crippen molar-refractivity contribution in [2.24, 2.45) is 10.9 Å².